The van der Waals surface area contributed by atoms with Crippen LogP contribution >= 0.6 is 7.82 Å². The smallest absolute Gasteiger partial charge is 0.391 e. The first-order valence-corrected chi connectivity index (χ1v) is 11.8. The van der Waals surface area contributed by atoms with Crippen molar-refractivity contribution in [1.82, 2.24) is 0 Å². The van der Waals surface area contributed by atoms with Gasteiger partial charge in [0.25, 0.3) is 0 Å². The average Bonchev–Trinajstić information content (AvgIpc) is 2.53. The van der Waals surface area contributed by atoms with Crippen molar-refractivity contribution in [2.24, 2.45) is 0 Å². The van der Waals surface area contributed by atoms with Gasteiger partial charge in [0.2, 0.25) is 0 Å². The van der Waals surface area contributed by atoms with Crippen LogP contribution in [0, 0.1) is 0 Å². The largest absolute Gasteiger partial charge is 0.472 e. The number of likely N-dealkylation sites (N-methyl/N-ethyl adjacent to an activating group) is 1. The summed E-state index contributed by atoms with van der Waals surface area (Å²) in [6.07, 6.45) is 12.3. The van der Waals surface area contributed by atoms with Gasteiger partial charge in [-0.3, -0.25) is 9.05 Å². The zero-order valence-electron chi connectivity index (χ0n) is 17.5. The van der Waals surface area contributed by atoms with Crippen LogP contribution in [-0.4, -0.2) is 61.5 Å². The summed E-state index contributed by atoms with van der Waals surface area (Å²) in [6, 6.07) is 0. The highest BCUT2D eigenvalue weighted by molar-refractivity contribution is 7.47. The molecular formula is C19H43NO5P+. The number of phosphoric ester groups is 1. The predicted octanol–water partition coefficient (Wildman–Crippen LogP) is 4.50. The summed E-state index contributed by atoms with van der Waals surface area (Å²) >= 11 is 0. The Balaban J connectivity index is 3.55. The monoisotopic (exact) mass is 396 g/mol. The SMILES string of the molecule is CCCCCCCCCCCCC(O)COP(=O)(O)OCC[N+](C)(C)C. The summed E-state index contributed by atoms with van der Waals surface area (Å²) < 4.78 is 22.2. The maximum Gasteiger partial charge on any atom is 0.472 e. The van der Waals surface area contributed by atoms with E-state index < -0.39 is 13.9 Å². The molecule has 0 aliphatic rings. The fourth-order valence-electron chi connectivity index (χ4n) is 2.60. The number of unbranched alkanes of at least 4 members (excludes halogenated alkanes) is 9. The molecule has 0 aromatic heterocycles. The van der Waals surface area contributed by atoms with Crippen LogP contribution in [0.25, 0.3) is 0 Å². The molecule has 2 N–H and O–H groups in total. The van der Waals surface area contributed by atoms with Crippen molar-refractivity contribution < 1.29 is 28.1 Å². The molecule has 0 aliphatic heterocycles. The Kier molecular flexibility index (Phi) is 15.0. The molecule has 0 aromatic carbocycles. The van der Waals surface area contributed by atoms with E-state index in [1.165, 1.54) is 51.4 Å². The lowest BCUT2D eigenvalue weighted by Gasteiger charge is -2.24. The molecule has 158 valence electrons. The third-order valence-corrected chi connectivity index (χ3v) is 5.32. The average molecular weight is 397 g/mol. The third-order valence-electron chi connectivity index (χ3n) is 4.34. The topological polar surface area (TPSA) is 76.0 Å². The van der Waals surface area contributed by atoms with Crippen molar-refractivity contribution in [3.8, 4) is 0 Å². The second-order valence-corrected chi connectivity index (χ2v) is 9.69. The highest BCUT2D eigenvalue weighted by atomic mass is 31.2. The third kappa shape index (κ3) is 18.8. The summed E-state index contributed by atoms with van der Waals surface area (Å²) in [5.41, 5.74) is 0. The van der Waals surface area contributed by atoms with E-state index in [4.69, 9.17) is 9.05 Å². The Hall–Kier alpha value is 0.0300. The Bertz CT molecular complexity index is 373. The van der Waals surface area contributed by atoms with E-state index in [9.17, 15) is 14.6 Å². The number of hydrogen-bond acceptors (Lipinski definition) is 4. The molecule has 0 saturated heterocycles. The molecular weight excluding hydrogens is 353 g/mol. The van der Waals surface area contributed by atoms with E-state index in [1.807, 2.05) is 21.1 Å². The van der Waals surface area contributed by atoms with Gasteiger partial charge in [0, 0.05) is 0 Å². The summed E-state index contributed by atoms with van der Waals surface area (Å²) in [5.74, 6) is 0. The van der Waals surface area contributed by atoms with Crippen molar-refractivity contribution in [2.45, 2.75) is 83.7 Å². The van der Waals surface area contributed by atoms with Crippen LogP contribution in [0.4, 0.5) is 0 Å². The first kappa shape index (κ1) is 26.0. The number of rotatable bonds is 18. The first-order valence-electron chi connectivity index (χ1n) is 10.3. The van der Waals surface area contributed by atoms with Crippen molar-refractivity contribution in [3.05, 3.63) is 0 Å². The minimum Gasteiger partial charge on any atom is -0.391 e. The number of aliphatic hydroxyl groups excluding tert-OH is 1. The van der Waals surface area contributed by atoms with E-state index >= 15 is 0 Å². The van der Waals surface area contributed by atoms with Gasteiger partial charge >= 0.3 is 7.82 Å². The molecule has 0 bridgehead atoms. The lowest BCUT2D eigenvalue weighted by Crippen LogP contribution is -2.37. The van der Waals surface area contributed by atoms with Crippen LogP contribution in [0.2, 0.25) is 0 Å². The maximum atomic E-state index is 11.7. The number of hydrogen-bond donors (Lipinski definition) is 2. The molecule has 6 nitrogen and oxygen atoms in total. The van der Waals surface area contributed by atoms with Crippen molar-refractivity contribution >= 4 is 7.82 Å². The van der Waals surface area contributed by atoms with Crippen LogP contribution < -0.4 is 0 Å². The summed E-state index contributed by atoms with van der Waals surface area (Å²) in [4.78, 5) is 9.60. The van der Waals surface area contributed by atoms with E-state index in [0.29, 0.717) is 17.4 Å². The Labute approximate surface area is 161 Å². The zero-order valence-corrected chi connectivity index (χ0v) is 18.4. The van der Waals surface area contributed by atoms with E-state index in [-0.39, 0.29) is 13.2 Å². The molecule has 2 atom stereocenters. The predicted molar refractivity (Wildman–Crippen MR) is 107 cm³/mol. The van der Waals surface area contributed by atoms with Crippen molar-refractivity contribution in [1.29, 1.82) is 0 Å². The molecule has 7 heteroatoms. The van der Waals surface area contributed by atoms with Crippen LogP contribution in [0.5, 0.6) is 0 Å². The fourth-order valence-corrected chi connectivity index (χ4v) is 3.35. The number of quaternary nitrogens is 1. The van der Waals surface area contributed by atoms with E-state index in [0.717, 1.165) is 12.8 Å². The standard InChI is InChI=1S/C19H42NO5P/c1-5-6-7-8-9-10-11-12-13-14-15-19(21)18-25-26(22,23)24-17-16-20(2,3)4/h19,21H,5-18H2,1-4H3/p+1. The molecule has 0 aliphatic carbocycles. The molecule has 26 heavy (non-hydrogen) atoms. The normalized spacial score (nSPS) is 15.8. The van der Waals surface area contributed by atoms with Gasteiger partial charge in [0.1, 0.15) is 13.2 Å². The molecule has 0 heterocycles. The minimum absolute atomic E-state index is 0.145. The van der Waals surface area contributed by atoms with Gasteiger partial charge in [-0.15, -0.1) is 0 Å². The Morgan fingerprint density at radius 2 is 1.38 bits per heavy atom. The molecule has 0 saturated carbocycles. The molecule has 2 unspecified atom stereocenters. The highest BCUT2D eigenvalue weighted by Crippen LogP contribution is 2.43. The minimum atomic E-state index is -4.07. The van der Waals surface area contributed by atoms with Crippen molar-refractivity contribution in [3.63, 3.8) is 0 Å². The van der Waals surface area contributed by atoms with E-state index in [1.54, 1.807) is 0 Å². The van der Waals surface area contributed by atoms with Gasteiger partial charge < -0.3 is 14.5 Å². The van der Waals surface area contributed by atoms with Crippen LogP contribution in [0.3, 0.4) is 0 Å². The molecule has 0 spiro atoms. The van der Waals surface area contributed by atoms with Gasteiger partial charge in [0.05, 0.1) is 33.9 Å². The first-order chi connectivity index (χ1) is 12.2. The highest BCUT2D eigenvalue weighted by Gasteiger charge is 2.23. The Morgan fingerprint density at radius 1 is 0.885 bits per heavy atom. The second kappa shape index (κ2) is 15.0. The molecule has 0 aromatic rings. The molecule has 0 rings (SSSR count). The van der Waals surface area contributed by atoms with Gasteiger partial charge in [0.15, 0.2) is 0 Å². The number of aliphatic hydroxyl groups is 1. The number of phosphoric acid groups is 1. The van der Waals surface area contributed by atoms with Gasteiger partial charge in [-0.1, -0.05) is 71.1 Å². The van der Waals surface area contributed by atoms with Crippen LogP contribution in [-0.2, 0) is 13.6 Å². The number of nitrogens with zero attached hydrogens (tertiary/aromatic N) is 1. The molecule has 0 amide bonds. The van der Waals surface area contributed by atoms with Gasteiger partial charge in [-0.25, -0.2) is 4.57 Å². The maximum absolute atomic E-state index is 11.7. The fraction of sp³-hybridized carbons (Fsp3) is 1.00. The van der Waals surface area contributed by atoms with Gasteiger partial charge in [-0.2, -0.15) is 0 Å². The summed E-state index contributed by atoms with van der Waals surface area (Å²) in [5, 5.41) is 9.87. The molecule has 0 fully saturated rings. The van der Waals surface area contributed by atoms with Gasteiger partial charge in [-0.05, 0) is 6.42 Å². The summed E-state index contributed by atoms with van der Waals surface area (Å²) in [7, 11) is 1.86. The van der Waals surface area contributed by atoms with Crippen LogP contribution in [0.15, 0.2) is 0 Å². The molecule has 0 radical (unpaired) electrons. The second-order valence-electron chi connectivity index (χ2n) is 8.24. The van der Waals surface area contributed by atoms with Crippen LogP contribution in [0.1, 0.15) is 77.6 Å². The van der Waals surface area contributed by atoms with E-state index in [2.05, 4.69) is 6.92 Å². The quantitative estimate of drug-likeness (QED) is 0.203. The Morgan fingerprint density at radius 3 is 1.88 bits per heavy atom. The van der Waals surface area contributed by atoms with Crippen molar-refractivity contribution in [2.75, 3.05) is 40.9 Å². The lowest BCUT2D eigenvalue weighted by molar-refractivity contribution is -0.870. The zero-order chi connectivity index (χ0) is 19.9. The lowest BCUT2D eigenvalue weighted by atomic mass is 10.0. The summed E-state index contributed by atoms with van der Waals surface area (Å²) in [6.45, 7) is 2.83.